The zero-order valence-electron chi connectivity index (χ0n) is 5.29. The lowest BCUT2D eigenvalue weighted by Gasteiger charge is -2.15. The van der Waals surface area contributed by atoms with E-state index < -0.39 is 0 Å². The average Bonchev–Trinajstić information content (AvgIpc) is 1.92. The van der Waals surface area contributed by atoms with Crippen molar-refractivity contribution in [2.75, 3.05) is 0 Å². The predicted molar refractivity (Wildman–Crippen MR) is 36.1 cm³/mol. The summed E-state index contributed by atoms with van der Waals surface area (Å²) in [5, 5.41) is 8.94. The molecule has 0 heterocycles. The molecule has 1 N–H and O–H groups in total. The SMILES string of the molecule is O=C1Cc2ccc(O)cc21. The van der Waals surface area contributed by atoms with Gasteiger partial charge >= 0.3 is 0 Å². The molecule has 0 unspecified atom stereocenters. The zero-order valence-corrected chi connectivity index (χ0v) is 5.29. The first-order chi connectivity index (χ1) is 4.77. The van der Waals surface area contributed by atoms with Crippen LogP contribution in [0.5, 0.6) is 5.75 Å². The van der Waals surface area contributed by atoms with Crippen molar-refractivity contribution in [2.45, 2.75) is 6.42 Å². The van der Waals surface area contributed by atoms with E-state index in [0.29, 0.717) is 12.0 Å². The summed E-state index contributed by atoms with van der Waals surface area (Å²) in [7, 11) is 0. The van der Waals surface area contributed by atoms with Crippen LogP contribution in [0.4, 0.5) is 0 Å². The fourth-order valence-corrected chi connectivity index (χ4v) is 1.14. The number of aromatic hydroxyl groups is 1. The van der Waals surface area contributed by atoms with E-state index in [1.54, 1.807) is 12.1 Å². The van der Waals surface area contributed by atoms with Crippen LogP contribution in [0.1, 0.15) is 15.9 Å². The Morgan fingerprint density at radius 3 is 2.80 bits per heavy atom. The molecule has 0 fully saturated rings. The summed E-state index contributed by atoms with van der Waals surface area (Å²) in [5.74, 6) is 0.303. The molecule has 0 saturated carbocycles. The van der Waals surface area contributed by atoms with Gasteiger partial charge in [0.25, 0.3) is 0 Å². The highest BCUT2D eigenvalue weighted by molar-refractivity contribution is 6.06. The molecule has 1 aliphatic carbocycles. The van der Waals surface area contributed by atoms with Crippen molar-refractivity contribution in [2.24, 2.45) is 0 Å². The predicted octanol–water partition coefficient (Wildman–Crippen LogP) is 1.13. The number of carbonyl (C=O) groups is 1. The molecule has 2 heteroatoms. The van der Waals surface area contributed by atoms with Crippen LogP contribution in [0.25, 0.3) is 0 Å². The van der Waals surface area contributed by atoms with Crippen molar-refractivity contribution in [1.29, 1.82) is 0 Å². The van der Waals surface area contributed by atoms with Crippen LogP contribution in [-0.2, 0) is 6.42 Å². The molecule has 1 aliphatic rings. The second-order valence-corrected chi connectivity index (χ2v) is 2.44. The maximum absolute atomic E-state index is 10.8. The van der Waals surface area contributed by atoms with Crippen molar-refractivity contribution in [3.05, 3.63) is 29.3 Å². The standard InChI is InChI=1S/C8H6O2/c9-6-2-1-5-3-8(10)7(5)4-6/h1-2,4,9H,3H2. The highest BCUT2D eigenvalue weighted by atomic mass is 16.3. The molecular formula is C8H6O2. The van der Waals surface area contributed by atoms with Gasteiger partial charge in [-0.05, 0) is 17.7 Å². The molecule has 0 aliphatic heterocycles. The lowest BCUT2D eigenvalue weighted by atomic mass is 9.87. The van der Waals surface area contributed by atoms with E-state index >= 15 is 0 Å². The monoisotopic (exact) mass is 134 g/mol. The summed E-state index contributed by atoms with van der Waals surface area (Å²) in [4.78, 5) is 10.8. The van der Waals surface area contributed by atoms with Gasteiger partial charge in [-0.25, -0.2) is 0 Å². The van der Waals surface area contributed by atoms with E-state index in [0.717, 1.165) is 5.56 Å². The van der Waals surface area contributed by atoms with Crippen LogP contribution >= 0.6 is 0 Å². The van der Waals surface area contributed by atoms with Crippen molar-refractivity contribution in [1.82, 2.24) is 0 Å². The van der Waals surface area contributed by atoms with Gasteiger partial charge in [0.2, 0.25) is 0 Å². The second-order valence-electron chi connectivity index (χ2n) is 2.44. The Bertz CT molecular complexity index is 302. The maximum Gasteiger partial charge on any atom is 0.167 e. The average molecular weight is 134 g/mol. The Balaban J connectivity index is 2.61. The minimum absolute atomic E-state index is 0.130. The summed E-state index contributed by atoms with van der Waals surface area (Å²) in [5.41, 5.74) is 1.72. The van der Waals surface area contributed by atoms with Gasteiger partial charge in [-0.2, -0.15) is 0 Å². The molecule has 0 radical (unpaired) electrons. The number of phenols is 1. The third-order valence-electron chi connectivity index (χ3n) is 1.74. The lowest BCUT2D eigenvalue weighted by Crippen LogP contribution is -2.17. The van der Waals surface area contributed by atoms with Gasteiger partial charge in [-0.15, -0.1) is 0 Å². The molecule has 10 heavy (non-hydrogen) atoms. The Labute approximate surface area is 58.1 Å². The number of fused-ring (bicyclic) bond motifs is 1. The fourth-order valence-electron chi connectivity index (χ4n) is 1.14. The van der Waals surface area contributed by atoms with Crippen molar-refractivity contribution in [3.63, 3.8) is 0 Å². The molecular weight excluding hydrogens is 128 g/mol. The number of carbonyl (C=O) groups excluding carboxylic acids is 1. The first-order valence-electron chi connectivity index (χ1n) is 3.12. The molecule has 2 rings (SSSR count). The van der Waals surface area contributed by atoms with E-state index in [9.17, 15) is 4.79 Å². The van der Waals surface area contributed by atoms with Crippen molar-refractivity contribution >= 4 is 5.78 Å². The first kappa shape index (κ1) is 5.47. The first-order valence-corrected chi connectivity index (χ1v) is 3.12. The van der Waals surface area contributed by atoms with E-state index in [1.807, 2.05) is 0 Å². The molecule has 1 aromatic carbocycles. The fraction of sp³-hybridized carbons (Fsp3) is 0.125. The van der Waals surface area contributed by atoms with Crippen molar-refractivity contribution < 1.29 is 9.90 Å². The topological polar surface area (TPSA) is 37.3 Å². The molecule has 0 bridgehead atoms. The van der Waals surface area contributed by atoms with Crippen LogP contribution in [0.2, 0.25) is 0 Å². The Hall–Kier alpha value is -1.31. The third kappa shape index (κ3) is 0.559. The third-order valence-corrected chi connectivity index (χ3v) is 1.74. The van der Waals surface area contributed by atoms with Crippen molar-refractivity contribution in [3.8, 4) is 5.75 Å². The van der Waals surface area contributed by atoms with Crippen LogP contribution in [0.3, 0.4) is 0 Å². The second kappa shape index (κ2) is 1.59. The Morgan fingerprint density at radius 1 is 1.40 bits per heavy atom. The molecule has 2 nitrogen and oxygen atoms in total. The lowest BCUT2D eigenvalue weighted by molar-refractivity contribution is 0.0967. The number of Topliss-reactive ketones (excluding diaryl/α,β-unsaturated/α-hetero) is 1. The van der Waals surface area contributed by atoms with E-state index in [1.165, 1.54) is 6.07 Å². The van der Waals surface area contributed by atoms with E-state index in [2.05, 4.69) is 0 Å². The Morgan fingerprint density at radius 2 is 2.20 bits per heavy atom. The van der Waals surface area contributed by atoms with E-state index in [-0.39, 0.29) is 11.5 Å². The molecule has 0 atom stereocenters. The van der Waals surface area contributed by atoms with Gasteiger partial charge in [0.1, 0.15) is 5.75 Å². The van der Waals surface area contributed by atoms with Gasteiger partial charge in [-0.3, -0.25) is 4.79 Å². The van der Waals surface area contributed by atoms with E-state index in [4.69, 9.17) is 5.11 Å². The van der Waals surface area contributed by atoms with Gasteiger partial charge in [0.15, 0.2) is 5.78 Å². The summed E-state index contributed by atoms with van der Waals surface area (Å²) in [6, 6.07) is 4.90. The quantitative estimate of drug-likeness (QED) is 0.577. The van der Waals surface area contributed by atoms with Gasteiger partial charge in [-0.1, -0.05) is 6.07 Å². The number of benzene rings is 1. The van der Waals surface area contributed by atoms with Gasteiger partial charge in [0, 0.05) is 12.0 Å². The summed E-state index contributed by atoms with van der Waals surface area (Å²) >= 11 is 0. The molecule has 0 spiro atoms. The highest BCUT2D eigenvalue weighted by Crippen LogP contribution is 2.25. The number of hydrogen-bond acceptors (Lipinski definition) is 2. The molecule has 50 valence electrons. The van der Waals surface area contributed by atoms with Crippen LogP contribution < -0.4 is 0 Å². The smallest absolute Gasteiger partial charge is 0.167 e. The summed E-state index contributed by atoms with van der Waals surface area (Å²) < 4.78 is 0. The normalized spacial score (nSPS) is 14.2. The number of ketones is 1. The highest BCUT2D eigenvalue weighted by Gasteiger charge is 2.22. The minimum Gasteiger partial charge on any atom is -0.508 e. The number of rotatable bonds is 0. The molecule has 0 saturated heterocycles. The summed E-state index contributed by atoms with van der Waals surface area (Å²) in [6.45, 7) is 0. The van der Waals surface area contributed by atoms with Gasteiger partial charge < -0.3 is 5.11 Å². The Kier molecular flexibility index (Phi) is 0.873. The maximum atomic E-state index is 10.8. The molecule has 1 aromatic rings. The summed E-state index contributed by atoms with van der Waals surface area (Å²) in [6.07, 6.45) is 0.537. The largest absolute Gasteiger partial charge is 0.508 e. The zero-order chi connectivity index (χ0) is 7.14. The van der Waals surface area contributed by atoms with Gasteiger partial charge in [0.05, 0.1) is 0 Å². The number of phenolic OH excluding ortho intramolecular Hbond substituents is 1. The minimum atomic E-state index is 0.130. The van der Waals surface area contributed by atoms with Crippen LogP contribution in [0.15, 0.2) is 18.2 Å². The molecule has 0 aromatic heterocycles. The van der Waals surface area contributed by atoms with Crippen LogP contribution in [-0.4, -0.2) is 10.9 Å². The molecule has 0 amide bonds. The number of hydrogen-bond donors (Lipinski definition) is 1. The van der Waals surface area contributed by atoms with Crippen LogP contribution in [0, 0.1) is 0 Å².